The number of hydrogen-bond acceptors (Lipinski definition) is 2. The van der Waals surface area contributed by atoms with Crippen molar-refractivity contribution in [1.29, 1.82) is 0 Å². The molecule has 2 aromatic rings. The third-order valence-electron chi connectivity index (χ3n) is 2.98. The SMILES string of the molecule is Cc1[nH]ncc1CNC(C)c1ccc(F)c(F)c1. The first-order valence-electron chi connectivity index (χ1n) is 5.75. The number of halogens is 2. The fraction of sp³-hybridized carbons (Fsp3) is 0.308. The van der Waals surface area contributed by atoms with Crippen LogP contribution < -0.4 is 5.32 Å². The molecule has 96 valence electrons. The van der Waals surface area contributed by atoms with Gasteiger partial charge in [-0.1, -0.05) is 6.07 Å². The highest BCUT2D eigenvalue weighted by atomic mass is 19.2. The van der Waals surface area contributed by atoms with Gasteiger partial charge in [0.25, 0.3) is 0 Å². The Kier molecular flexibility index (Phi) is 3.72. The number of aromatic nitrogens is 2. The zero-order valence-electron chi connectivity index (χ0n) is 10.3. The van der Waals surface area contributed by atoms with Crippen LogP contribution in [0.4, 0.5) is 8.78 Å². The Bertz CT molecular complexity index is 537. The minimum Gasteiger partial charge on any atom is -0.306 e. The molecule has 0 radical (unpaired) electrons. The summed E-state index contributed by atoms with van der Waals surface area (Å²) in [5, 5.41) is 10.0. The van der Waals surface area contributed by atoms with Gasteiger partial charge in [-0.2, -0.15) is 5.10 Å². The molecule has 0 bridgehead atoms. The van der Waals surface area contributed by atoms with E-state index >= 15 is 0 Å². The standard InChI is InChI=1S/C13H15F2N3/c1-8(10-3-4-12(14)13(15)5-10)16-6-11-7-17-18-9(11)2/h3-5,7-8,16H,6H2,1-2H3,(H,17,18). The number of benzene rings is 1. The van der Waals surface area contributed by atoms with Crippen molar-refractivity contribution in [2.75, 3.05) is 0 Å². The van der Waals surface area contributed by atoms with Crippen LogP contribution in [-0.4, -0.2) is 10.2 Å². The predicted octanol–water partition coefficient (Wildman–Crippen LogP) is 2.85. The lowest BCUT2D eigenvalue weighted by Crippen LogP contribution is -2.18. The zero-order valence-corrected chi connectivity index (χ0v) is 10.3. The van der Waals surface area contributed by atoms with Gasteiger partial charge in [0, 0.05) is 23.8 Å². The maximum atomic E-state index is 13.1. The second-order valence-corrected chi connectivity index (χ2v) is 4.30. The Morgan fingerprint density at radius 2 is 2.11 bits per heavy atom. The Morgan fingerprint density at radius 3 is 2.72 bits per heavy atom. The largest absolute Gasteiger partial charge is 0.306 e. The molecule has 1 aromatic carbocycles. The van der Waals surface area contributed by atoms with E-state index in [9.17, 15) is 8.78 Å². The molecule has 1 aromatic heterocycles. The van der Waals surface area contributed by atoms with Crippen molar-refractivity contribution in [2.45, 2.75) is 26.4 Å². The first-order chi connectivity index (χ1) is 8.58. The summed E-state index contributed by atoms with van der Waals surface area (Å²) in [5.74, 6) is -1.64. The molecular weight excluding hydrogens is 236 g/mol. The summed E-state index contributed by atoms with van der Waals surface area (Å²) in [4.78, 5) is 0. The van der Waals surface area contributed by atoms with E-state index in [1.54, 1.807) is 12.3 Å². The Morgan fingerprint density at radius 1 is 1.33 bits per heavy atom. The number of nitrogens with one attached hydrogen (secondary N) is 2. The number of H-pyrrole nitrogens is 1. The van der Waals surface area contributed by atoms with Crippen molar-refractivity contribution in [3.63, 3.8) is 0 Å². The first-order valence-corrected chi connectivity index (χ1v) is 5.75. The highest BCUT2D eigenvalue weighted by molar-refractivity contribution is 5.21. The molecule has 18 heavy (non-hydrogen) atoms. The van der Waals surface area contributed by atoms with Crippen LogP contribution in [0, 0.1) is 18.6 Å². The molecule has 2 rings (SSSR count). The molecule has 5 heteroatoms. The number of rotatable bonds is 4. The molecule has 0 saturated heterocycles. The van der Waals surface area contributed by atoms with Crippen molar-refractivity contribution >= 4 is 0 Å². The molecule has 0 fully saturated rings. The summed E-state index contributed by atoms with van der Waals surface area (Å²) in [7, 11) is 0. The van der Waals surface area contributed by atoms with Crippen LogP contribution in [0.15, 0.2) is 24.4 Å². The number of nitrogens with zero attached hydrogens (tertiary/aromatic N) is 1. The van der Waals surface area contributed by atoms with Crippen molar-refractivity contribution in [3.05, 3.63) is 52.9 Å². The number of aryl methyl sites for hydroxylation is 1. The normalized spacial score (nSPS) is 12.7. The highest BCUT2D eigenvalue weighted by Crippen LogP contribution is 2.16. The molecule has 1 heterocycles. The van der Waals surface area contributed by atoms with Crippen molar-refractivity contribution in [3.8, 4) is 0 Å². The number of aromatic amines is 1. The minimum absolute atomic E-state index is 0.0607. The fourth-order valence-electron chi connectivity index (χ4n) is 1.72. The third-order valence-corrected chi connectivity index (χ3v) is 2.98. The van der Waals surface area contributed by atoms with E-state index in [0.717, 1.165) is 22.9 Å². The molecule has 1 unspecified atom stereocenters. The highest BCUT2D eigenvalue weighted by Gasteiger charge is 2.09. The van der Waals surface area contributed by atoms with Crippen LogP contribution in [-0.2, 0) is 6.54 Å². The molecule has 0 aliphatic heterocycles. The first kappa shape index (κ1) is 12.7. The quantitative estimate of drug-likeness (QED) is 0.877. The average molecular weight is 251 g/mol. The van der Waals surface area contributed by atoms with Gasteiger partial charge in [0.05, 0.1) is 6.20 Å². The zero-order chi connectivity index (χ0) is 13.1. The number of hydrogen-bond donors (Lipinski definition) is 2. The maximum Gasteiger partial charge on any atom is 0.159 e. The van der Waals surface area contributed by atoms with Gasteiger partial charge in [-0.15, -0.1) is 0 Å². The molecule has 1 atom stereocenters. The minimum atomic E-state index is -0.823. The van der Waals surface area contributed by atoms with Crippen molar-refractivity contribution in [1.82, 2.24) is 15.5 Å². The van der Waals surface area contributed by atoms with Crippen molar-refractivity contribution in [2.24, 2.45) is 0 Å². The van der Waals surface area contributed by atoms with E-state index in [1.807, 2.05) is 13.8 Å². The van der Waals surface area contributed by atoms with E-state index in [-0.39, 0.29) is 6.04 Å². The van der Waals surface area contributed by atoms with Gasteiger partial charge in [-0.05, 0) is 31.5 Å². The lowest BCUT2D eigenvalue weighted by Gasteiger charge is -2.14. The van der Waals surface area contributed by atoms with E-state index in [2.05, 4.69) is 15.5 Å². The molecule has 0 amide bonds. The van der Waals surface area contributed by atoms with Crippen LogP contribution in [0.5, 0.6) is 0 Å². The topological polar surface area (TPSA) is 40.7 Å². The lowest BCUT2D eigenvalue weighted by molar-refractivity contribution is 0.500. The Balaban J connectivity index is 2.01. The van der Waals surface area contributed by atoms with Gasteiger partial charge in [0.15, 0.2) is 11.6 Å². The van der Waals surface area contributed by atoms with Crippen LogP contribution in [0.3, 0.4) is 0 Å². The van der Waals surface area contributed by atoms with Crippen LogP contribution >= 0.6 is 0 Å². The third kappa shape index (κ3) is 2.73. The monoisotopic (exact) mass is 251 g/mol. The summed E-state index contributed by atoms with van der Waals surface area (Å²) in [6.07, 6.45) is 1.75. The van der Waals surface area contributed by atoms with E-state index in [0.29, 0.717) is 6.54 Å². The summed E-state index contributed by atoms with van der Waals surface area (Å²) >= 11 is 0. The summed E-state index contributed by atoms with van der Waals surface area (Å²) in [6, 6.07) is 3.88. The second kappa shape index (κ2) is 5.27. The van der Waals surface area contributed by atoms with Crippen LogP contribution in [0.1, 0.15) is 29.8 Å². The molecule has 3 nitrogen and oxygen atoms in total. The van der Waals surface area contributed by atoms with Gasteiger partial charge in [0.2, 0.25) is 0 Å². The Labute approximate surface area is 104 Å². The molecular formula is C13H15F2N3. The van der Waals surface area contributed by atoms with Crippen molar-refractivity contribution < 1.29 is 8.78 Å². The summed E-state index contributed by atoms with van der Waals surface area (Å²) in [5.41, 5.74) is 2.78. The fourth-order valence-corrected chi connectivity index (χ4v) is 1.72. The molecule has 0 aliphatic carbocycles. The summed E-state index contributed by atoms with van der Waals surface area (Å²) in [6.45, 7) is 4.47. The maximum absolute atomic E-state index is 13.1. The lowest BCUT2D eigenvalue weighted by atomic mass is 10.1. The second-order valence-electron chi connectivity index (χ2n) is 4.30. The molecule has 0 spiro atoms. The molecule has 2 N–H and O–H groups in total. The van der Waals surface area contributed by atoms with E-state index < -0.39 is 11.6 Å². The van der Waals surface area contributed by atoms with Crippen LogP contribution in [0.25, 0.3) is 0 Å². The predicted molar refractivity (Wildman–Crippen MR) is 64.9 cm³/mol. The van der Waals surface area contributed by atoms with Gasteiger partial charge in [0.1, 0.15) is 0 Å². The van der Waals surface area contributed by atoms with Gasteiger partial charge < -0.3 is 5.32 Å². The smallest absolute Gasteiger partial charge is 0.159 e. The van der Waals surface area contributed by atoms with Gasteiger partial charge in [-0.25, -0.2) is 8.78 Å². The van der Waals surface area contributed by atoms with Crippen LogP contribution in [0.2, 0.25) is 0 Å². The molecule has 0 aliphatic rings. The average Bonchev–Trinajstić information content (AvgIpc) is 2.75. The van der Waals surface area contributed by atoms with Gasteiger partial charge in [-0.3, -0.25) is 5.10 Å². The van der Waals surface area contributed by atoms with E-state index in [1.165, 1.54) is 6.07 Å². The van der Waals surface area contributed by atoms with Gasteiger partial charge >= 0.3 is 0 Å². The summed E-state index contributed by atoms with van der Waals surface area (Å²) < 4.78 is 25.9. The Hall–Kier alpha value is -1.75. The molecule has 0 saturated carbocycles. The van der Waals surface area contributed by atoms with E-state index in [4.69, 9.17) is 0 Å².